The number of hydrogen-bond donors (Lipinski definition) is 3. The van der Waals surface area contributed by atoms with E-state index in [2.05, 4.69) is 63.1 Å². The first-order chi connectivity index (χ1) is 15.0. The zero-order valence-corrected chi connectivity index (χ0v) is 19.0. The van der Waals surface area contributed by atoms with E-state index in [1.54, 1.807) is 31.3 Å². The first-order valence-corrected chi connectivity index (χ1v) is 11.2. The van der Waals surface area contributed by atoms with Crippen LogP contribution in [0.2, 0.25) is 5.02 Å². The molecule has 0 aromatic heterocycles. The molecule has 3 N–H and O–H groups in total. The molecule has 6 nitrogen and oxygen atoms in total. The van der Waals surface area contributed by atoms with E-state index in [-0.39, 0.29) is 5.91 Å². The minimum absolute atomic E-state index is 0.110. The molecule has 2 atom stereocenters. The van der Waals surface area contributed by atoms with Crippen molar-refractivity contribution < 1.29 is 4.79 Å². The lowest BCUT2D eigenvalue weighted by atomic mass is 9.97. The van der Waals surface area contributed by atoms with Crippen molar-refractivity contribution in [2.45, 2.75) is 38.4 Å². The highest BCUT2D eigenvalue weighted by Crippen LogP contribution is 2.19. The molecule has 1 aliphatic heterocycles. The number of carbonyl (C=O) groups is 1. The molecule has 1 aliphatic rings. The van der Waals surface area contributed by atoms with E-state index in [1.165, 1.54) is 5.56 Å². The summed E-state index contributed by atoms with van der Waals surface area (Å²) in [7, 11) is 1.77. The van der Waals surface area contributed by atoms with Gasteiger partial charge < -0.3 is 16.0 Å². The van der Waals surface area contributed by atoms with Crippen LogP contribution in [-0.2, 0) is 6.54 Å². The molecule has 0 radical (unpaired) electrons. The number of amides is 1. The van der Waals surface area contributed by atoms with Gasteiger partial charge in [0.15, 0.2) is 5.96 Å². The third kappa shape index (κ3) is 7.26. The van der Waals surface area contributed by atoms with Crippen molar-refractivity contribution in [1.29, 1.82) is 0 Å². The van der Waals surface area contributed by atoms with Gasteiger partial charge in [0.2, 0.25) is 0 Å². The van der Waals surface area contributed by atoms with Crippen LogP contribution in [0.4, 0.5) is 0 Å². The zero-order chi connectivity index (χ0) is 22.1. The molecule has 1 heterocycles. The summed E-state index contributed by atoms with van der Waals surface area (Å²) in [6.07, 6.45) is 2.14. The molecule has 7 heteroatoms. The fourth-order valence-electron chi connectivity index (χ4n) is 3.85. The highest BCUT2D eigenvalue weighted by Gasteiger charge is 2.25. The van der Waals surface area contributed by atoms with Crippen molar-refractivity contribution in [2.75, 3.05) is 26.7 Å². The molecule has 2 aromatic carbocycles. The predicted molar refractivity (Wildman–Crippen MR) is 128 cm³/mol. The van der Waals surface area contributed by atoms with Crippen molar-refractivity contribution in [2.24, 2.45) is 4.99 Å². The number of likely N-dealkylation sites (tertiary alicyclic amines) is 1. The summed E-state index contributed by atoms with van der Waals surface area (Å²) in [6, 6.07) is 18.4. The van der Waals surface area contributed by atoms with Crippen molar-refractivity contribution in [3.8, 4) is 0 Å². The van der Waals surface area contributed by atoms with Gasteiger partial charge in [0, 0.05) is 55.9 Å². The van der Waals surface area contributed by atoms with Crippen LogP contribution in [0.25, 0.3) is 0 Å². The number of nitrogens with zero attached hydrogens (tertiary/aromatic N) is 2. The first-order valence-electron chi connectivity index (χ1n) is 10.8. The number of piperidine rings is 1. The molecule has 0 spiro atoms. The Kier molecular flexibility index (Phi) is 8.74. The van der Waals surface area contributed by atoms with Crippen molar-refractivity contribution in [3.63, 3.8) is 0 Å². The molecular weight excluding hydrogens is 410 g/mol. The average Bonchev–Trinajstić information content (AvgIpc) is 2.78. The van der Waals surface area contributed by atoms with Crippen LogP contribution in [0.5, 0.6) is 0 Å². The van der Waals surface area contributed by atoms with Gasteiger partial charge in [0.1, 0.15) is 0 Å². The van der Waals surface area contributed by atoms with Crippen LogP contribution in [0.3, 0.4) is 0 Å². The Balaban J connectivity index is 1.37. The highest BCUT2D eigenvalue weighted by molar-refractivity contribution is 6.30. The summed E-state index contributed by atoms with van der Waals surface area (Å²) < 4.78 is 0. The molecule has 31 heavy (non-hydrogen) atoms. The molecule has 1 saturated heterocycles. The van der Waals surface area contributed by atoms with Gasteiger partial charge in [0.25, 0.3) is 5.91 Å². The number of aliphatic imine (C=N–C) groups is 1. The summed E-state index contributed by atoms with van der Waals surface area (Å²) in [6.45, 7) is 5.45. The first kappa shape index (κ1) is 23.1. The van der Waals surface area contributed by atoms with Gasteiger partial charge in [-0.15, -0.1) is 0 Å². The van der Waals surface area contributed by atoms with E-state index in [0.29, 0.717) is 35.8 Å². The van der Waals surface area contributed by atoms with E-state index in [9.17, 15) is 4.79 Å². The molecule has 2 unspecified atom stereocenters. The monoisotopic (exact) mass is 441 g/mol. The lowest BCUT2D eigenvalue weighted by Crippen LogP contribution is -2.52. The number of hydrogen-bond acceptors (Lipinski definition) is 3. The second kappa shape index (κ2) is 11.7. The topological polar surface area (TPSA) is 68.8 Å². The zero-order valence-electron chi connectivity index (χ0n) is 18.3. The molecule has 3 rings (SSSR count). The maximum Gasteiger partial charge on any atom is 0.251 e. The van der Waals surface area contributed by atoms with E-state index < -0.39 is 0 Å². The molecule has 0 saturated carbocycles. The van der Waals surface area contributed by atoms with E-state index in [4.69, 9.17) is 11.6 Å². The SMILES string of the molecule is CN=C(NCCNC(=O)c1ccc(Cl)cc1)NC1CCN(Cc2ccccc2)C(C)C1. The average molecular weight is 442 g/mol. The second-order valence-corrected chi connectivity index (χ2v) is 8.37. The Morgan fingerprint density at radius 2 is 1.81 bits per heavy atom. The van der Waals surface area contributed by atoms with Gasteiger partial charge >= 0.3 is 0 Å². The van der Waals surface area contributed by atoms with Crippen LogP contribution in [-0.4, -0.2) is 55.5 Å². The largest absolute Gasteiger partial charge is 0.355 e. The summed E-state index contributed by atoms with van der Waals surface area (Å²) in [5.41, 5.74) is 1.96. The predicted octanol–water partition coefficient (Wildman–Crippen LogP) is 3.29. The smallest absolute Gasteiger partial charge is 0.251 e. The Hall–Kier alpha value is -2.57. The summed E-state index contributed by atoms with van der Waals surface area (Å²) in [4.78, 5) is 19.0. The summed E-state index contributed by atoms with van der Waals surface area (Å²) >= 11 is 5.86. The minimum atomic E-state index is -0.110. The quantitative estimate of drug-likeness (QED) is 0.350. The highest BCUT2D eigenvalue weighted by atomic mass is 35.5. The Morgan fingerprint density at radius 3 is 2.48 bits per heavy atom. The minimum Gasteiger partial charge on any atom is -0.355 e. The third-order valence-electron chi connectivity index (χ3n) is 5.62. The van der Waals surface area contributed by atoms with E-state index in [1.807, 2.05) is 0 Å². The van der Waals surface area contributed by atoms with E-state index >= 15 is 0 Å². The summed E-state index contributed by atoms with van der Waals surface area (Å²) in [5, 5.41) is 10.3. The lowest BCUT2D eigenvalue weighted by molar-refractivity contribution is 0.0954. The standard InChI is InChI=1S/C24H32ClN5O/c1-18-16-22(12-15-30(18)17-19-6-4-3-5-7-19)29-24(26-2)28-14-13-27-23(31)20-8-10-21(25)11-9-20/h3-11,18,22H,12-17H2,1-2H3,(H,27,31)(H2,26,28,29). The van der Waals surface area contributed by atoms with Crippen LogP contribution in [0.15, 0.2) is 59.6 Å². The normalized spacial score (nSPS) is 19.6. The molecule has 2 aromatic rings. The number of nitrogens with one attached hydrogen (secondary N) is 3. The Labute approximate surface area is 190 Å². The maximum absolute atomic E-state index is 12.2. The number of rotatable bonds is 7. The molecule has 0 aliphatic carbocycles. The fourth-order valence-corrected chi connectivity index (χ4v) is 3.98. The van der Waals surface area contributed by atoms with Gasteiger partial charge in [-0.2, -0.15) is 0 Å². The number of carbonyl (C=O) groups excluding carboxylic acids is 1. The number of halogens is 1. The molecule has 0 bridgehead atoms. The van der Waals surface area contributed by atoms with Gasteiger partial charge in [-0.25, -0.2) is 0 Å². The number of benzene rings is 2. The Bertz CT molecular complexity index is 856. The molecular formula is C24H32ClN5O. The van der Waals surface area contributed by atoms with Gasteiger partial charge in [-0.1, -0.05) is 41.9 Å². The third-order valence-corrected chi connectivity index (χ3v) is 5.87. The fraction of sp³-hybridized carbons (Fsp3) is 0.417. The molecule has 1 fully saturated rings. The maximum atomic E-state index is 12.2. The van der Waals surface area contributed by atoms with Gasteiger partial charge in [-0.05, 0) is 49.6 Å². The van der Waals surface area contributed by atoms with Crippen LogP contribution < -0.4 is 16.0 Å². The van der Waals surface area contributed by atoms with Crippen molar-refractivity contribution >= 4 is 23.5 Å². The molecule has 166 valence electrons. The van der Waals surface area contributed by atoms with Crippen molar-refractivity contribution in [1.82, 2.24) is 20.9 Å². The lowest BCUT2D eigenvalue weighted by Gasteiger charge is -2.38. The van der Waals surface area contributed by atoms with Crippen LogP contribution in [0.1, 0.15) is 35.7 Å². The Morgan fingerprint density at radius 1 is 1.10 bits per heavy atom. The second-order valence-electron chi connectivity index (χ2n) is 7.93. The summed E-state index contributed by atoms with van der Waals surface area (Å²) in [5.74, 6) is 0.662. The molecule has 1 amide bonds. The number of guanidine groups is 1. The van der Waals surface area contributed by atoms with Gasteiger partial charge in [0.05, 0.1) is 0 Å². The van der Waals surface area contributed by atoms with Gasteiger partial charge in [-0.3, -0.25) is 14.7 Å². The van der Waals surface area contributed by atoms with Crippen LogP contribution >= 0.6 is 11.6 Å². The van der Waals surface area contributed by atoms with Crippen molar-refractivity contribution in [3.05, 3.63) is 70.7 Å². The van der Waals surface area contributed by atoms with Crippen LogP contribution in [0, 0.1) is 0 Å². The van der Waals surface area contributed by atoms with E-state index in [0.717, 1.165) is 31.9 Å².